The monoisotopic (exact) mass is 229 g/mol. The molecule has 3 N–H and O–H groups in total. The molecule has 0 aromatic carbocycles. The van der Waals surface area contributed by atoms with E-state index in [-0.39, 0.29) is 24.5 Å². The topological polar surface area (TPSA) is 81.0 Å². The Morgan fingerprint density at radius 2 is 2.19 bits per heavy atom. The Morgan fingerprint density at radius 1 is 1.44 bits per heavy atom. The Labute approximate surface area is 94.7 Å². The van der Waals surface area contributed by atoms with Crippen molar-refractivity contribution in [1.29, 1.82) is 0 Å². The van der Waals surface area contributed by atoms with Crippen LogP contribution in [-0.2, 0) is 4.79 Å². The highest BCUT2D eigenvalue weighted by Crippen LogP contribution is 2.39. The van der Waals surface area contributed by atoms with Gasteiger partial charge in [-0.3, -0.25) is 9.69 Å². The first-order valence-corrected chi connectivity index (χ1v) is 5.87. The maximum atomic E-state index is 11.0. The van der Waals surface area contributed by atoms with E-state index in [4.69, 9.17) is 10.2 Å². The number of hydrogen-bond donors (Lipinski definition) is 3. The molecular weight excluding hydrogens is 210 g/mol. The van der Waals surface area contributed by atoms with Gasteiger partial charge in [-0.2, -0.15) is 0 Å². The van der Waals surface area contributed by atoms with E-state index in [0.29, 0.717) is 13.0 Å². The molecule has 92 valence electrons. The first kappa shape index (κ1) is 11.8. The minimum atomic E-state index is -0.706. The zero-order valence-corrected chi connectivity index (χ0v) is 9.25. The fourth-order valence-electron chi connectivity index (χ4n) is 3.07. The molecule has 3 aliphatic rings. The quantitative estimate of drug-likeness (QED) is 0.607. The van der Waals surface area contributed by atoms with Crippen molar-refractivity contribution in [1.82, 2.24) is 4.90 Å². The van der Waals surface area contributed by atoms with Crippen molar-refractivity contribution in [2.45, 2.75) is 31.4 Å². The van der Waals surface area contributed by atoms with Crippen molar-refractivity contribution in [3.8, 4) is 0 Å². The Balaban J connectivity index is 1.95. The molecule has 2 bridgehead atoms. The summed E-state index contributed by atoms with van der Waals surface area (Å²) in [6.07, 6.45) is 1.99. The third-order valence-corrected chi connectivity index (χ3v) is 3.92. The lowest BCUT2D eigenvalue weighted by molar-refractivity contribution is -0.150. The molecule has 0 spiro atoms. The molecule has 2 heterocycles. The fraction of sp³-hybridized carbons (Fsp3) is 0.909. The number of fused-ring (bicyclic) bond motifs is 3. The van der Waals surface area contributed by atoms with Crippen LogP contribution in [0.1, 0.15) is 19.3 Å². The molecule has 0 aromatic rings. The maximum Gasteiger partial charge on any atom is 0.306 e. The molecule has 2 aliphatic heterocycles. The number of aliphatic hydroxyl groups excluding tert-OH is 2. The van der Waals surface area contributed by atoms with Crippen LogP contribution in [0.4, 0.5) is 0 Å². The number of piperidine rings is 2. The van der Waals surface area contributed by atoms with E-state index >= 15 is 0 Å². The van der Waals surface area contributed by atoms with Crippen LogP contribution >= 0.6 is 0 Å². The number of carbonyl (C=O) groups is 1. The third kappa shape index (κ3) is 2.21. The van der Waals surface area contributed by atoms with E-state index in [0.717, 1.165) is 19.4 Å². The van der Waals surface area contributed by atoms with Gasteiger partial charge in [-0.05, 0) is 25.2 Å². The van der Waals surface area contributed by atoms with E-state index < -0.39 is 12.1 Å². The standard InChI is InChI=1S/C11H19NO4/c13-6-9(14)5-12-4-7-1-2-8(12)3-10(7)11(15)16/h7-10,13-14H,1-6H2,(H,15,16). The van der Waals surface area contributed by atoms with Gasteiger partial charge in [0.05, 0.1) is 18.6 Å². The predicted molar refractivity (Wildman–Crippen MR) is 56.9 cm³/mol. The molecule has 0 aromatic heterocycles. The molecule has 2 saturated heterocycles. The van der Waals surface area contributed by atoms with Crippen molar-refractivity contribution >= 4 is 5.97 Å². The van der Waals surface area contributed by atoms with Gasteiger partial charge in [0.15, 0.2) is 0 Å². The van der Waals surface area contributed by atoms with Crippen molar-refractivity contribution in [2.75, 3.05) is 19.7 Å². The first-order valence-electron chi connectivity index (χ1n) is 5.87. The van der Waals surface area contributed by atoms with Gasteiger partial charge in [0, 0.05) is 19.1 Å². The molecule has 0 amide bonds. The van der Waals surface area contributed by atoms with Crippen LogP contribution in [-0.4, -0.2) is 58.0 Å². The van der Waals surface area contributed by atoms with Crippen LogP contribution in [0, 0.1) is 11.8 Å². The number of carboxylic acid groups (broad SMARTS) is 1. The van der Waals surface area contributed by atoms with Crippen molar-refractivity contribution < 1.29 is 20.1 Å². The summed E-state index contributed by atoms with van der Waals surface area (Å²) in [6.45, 7) is 0.985. The lowest BCUT2D eigenvalue weighted by Gasteiger charge is -2.48. The molecule has 1 aliphatic carbocycles. The van der Waals surface area contributed by atoms with Crippen LogP contribution in [0.2, 0.25) is 0 Å². The summed E-state index contributed by atoms with van der Waals surface area (Å²) in [6, 6.07) is 0.271. The highest BCUT2D eigenvalue weighted by molar-refractivity contribution is 5.70. The van der Waals surface area contributed by atoms with Gasteiger partial charge >= 0.3 is 5.97 Å². The second kappa shape index (κ2) is 4.69. The van der Waals surface area contributed by atoms with Crippen LogP contribution < -0.4 is 0 Å². The molecule has 16 heavy (non-hydrogen) atoms. The molecule has 4 atom stereocenters. The van der Waals surface area contributed by atoms with Crippen molar-refractivity contribution in [3.05, 3.63) is 0 Å². The Bertz CT molecular complexity index is 271. The normalized spacial score (nSPS) is 36.2. The van der Waals surface area contributed by atoms with Crippen molar-refractivity contribution in [3.63, 3.8) is 0 Å². The number of aliphatic hydroxyl groups is 2. The second-order valence-electron chi connectivity index (χ2n) is 4.96. The Hall–Kier alpha value is -0.650. The van der Waals surface area contributed by atoms with Crippen LogP contribution in [0.15, 0.2) is 0 Å². The SMILES string of the molecule is O=C(O)C1CC2CCC1CN2CC(O)CO. The number of rotatable bonds is 4. The molecule has 1 saturated carbocycles. The highest BCUT2D eigenvalue weighted by atomic mass is 16.4. The van der Waals surface area contributed by atoms with Crippen molar-refractivity contribution in [2.24, 2.45) is 11.8 Å². The molecule has 3 fully saturated rings. The summed E-state index contributed by atoms with van der Waals surface area (Å²) < 4.78 is 0. The predicted octanol–water partition coefficient (Wildman–Crippen LogP) is -0.475. The van der Waals surface area contributed by atoms with Gasteiger partial charge in [-0.1, -0.05) is 0 Å². The van der Waals surface area contributed by atoms with Crippen LogP contribution in [0.3, 0.4) is 0 Å². The molecule has 3 rings (SSSR count). The van der Waals surface area contributed by atoms with E-state index in [2.05, 4.69) is 4.90 Å². The average molecular weight is 229 g/mol. The minimum absolute atomic E-state index is 0.207. The van der Waals surface area contributed by atoms with Gasteiger partial charge in [-0.15, -0.1) is 0 Å². The van der Waals surface area contributed by atoms with E-state index in [9.17, 15) is 9.90 Å². The van der Waals surface area contributed by atoms with Crippen LogP contribution in [0.25, 0.3) is 0 Å². The zero-order chi connectivity index (χ0) is 11.7. The Morgan fingerprint density at radius 3 is 2.69 bits per heavy atom. The molecule has 5 nitrogen and oxygen atoms in total. The number of nitrogens with zero attached hydrogens (tertiary/aromatic N) is 1. The van der Waals surface area contributed by atoms with E-state index in [1.807, 2.05) is 0 Å². The van der Waals surface area contributed by atoms with Gasteiger partial charge in [0.1, 0.15) is 0 Å². The lowest BCUT2D eigenvalue weighted by Crippen LogP contribution is -2.55. The summed E-state index contributed by atoms with van der Waals surface area (Å²) in [4.78, 5) is 13.2. The minimum Gasteiger partial charge on any atom is -0.481 e. The molecule has 4 unspecified atom stereocenters. The summed E-state index contributed by atoms with van der Waals surface area (Å²) in [5.74, 6) is -0.674. The average Bonchev–Trinajstić information content (AvgIpc) is 2.29. The van der Waals surface area contributed by atoms with Gasteiger partial charge in [0.2, 0.25) is 0 Å². The Kier molecular flexibility index (Phi) is 3.47. The number of carboxylic acids is 1. The maximum absolute atomic E-state index is 11.0. The first-order chi connectivity index (χ1) is 7.61. The lowest BCUT2D eigenvalue weighted by atomic mass is 9.72. The molecular formula is C11H19NO4. The fourth-order valence-corrected chi connectivity index (χ4v) is 3.07. The van der Waals surface area contributed by atoms with Gasteiger partial charge in [0.25, 0.3) is 0 Å². The summed E-state index contributed by atoms with van der Waals surface area (Å²) >= 11 is 0. The molecule has 5 heteroatoms. The summed E-state index contributed by atoms with van der Waals surface area (Å²) in [7, 11) is 0. The zero-order valence-electron chi connectivity index (χ0n) is 9.25. The summed E-state index contributed by atoms with van der Waals surface area (Å²) in [5.41, 5.74) is 0. The molecule has 0 radical (unpaired) electrons. The van der Waals surface area contributed by atoms with E-state index in [1.165, 1.54) is 0 Å². The van der Waals surface area contributed by atoms with Gasteiger partial charge < -0.3 is 15.3 Å². The van der Waals surface area contributed by atoms with E-state index in [1.54, 1.807) is 0 Å². The smallest absolute Gasteiger partial charge is 0.306 e. The summed E-state index contributed by atoms with van der Waals surface area (Å²) in [5, 5.41) is 27.3. The largest absolute Gasteiger partial charge is 0.481 e. The highest BCUT2D eigenvalue weighted by Gasteiger charge is 2.43. The van der Waals surface area contributed by atoms with Crippen LogP contribution in [0.5, 0.6) is 0 Å². The third-order valence-electron chi connectivity index (χ3n) is 3.92. The number of aliphatic carboxylic acids is 1. The number of hydrogen-bond acceptors (Lipinski definition) is 4. The second-order valence-corrected chi connectivity index (χ2v) is 4.96. The van der Waals surface area contributed by atoms with Gasteiger partial charge in [-0.25, -0.2) is 0 Å².